The standard InChI is InChI=1S/C22H15N/c1-13-10-14-12-18-15-6-2-4-8-19(15)23-20-9-5-3-7-16(20)21(22(18)23)17(14)11-13/h2-9,11-12H,10H2,1H3. The molecule has 1 nitrogen and oxygen atoms in total. The van der Waals surface area contributed by atoms with Crippen LogP contribution in [0.1, 0.15) is 18.1 Å². The van der Waals surface area contributed by atoms with Gasteiger partial charge >= 0.3 is 0 Å². The third kappa shape index (κ3) is 1.26. The predicted octanol–water partition coefficient (Wildman–Crippen LogP) is 5.80. The Morgan fingerprint density at radius 3 is 2.35 bits per heavy atom. The number of rotatable bonds is 0. The molecule has 0 bridgehead atoms. The van der Waals surface area contributed by atoms with Gasteiger partial charge in [-0.1, -0.05) is 48.0 Å². The summed E-state index contributed by atoms with van der Waals surface area (Å²) in [6.45, 7) is 2.24. The zero-order valence-electron chi connectivity index (χ0n) is 12.9. The van der Waals surface area contributed by atoms with Crippen LogP contribution in [0.15, 0.2) is 60.2 Å². The van der Waals surface area contributed by atoms with Crippen LogP contribution in [0.3, 0.4) is 0 Å². The topological polar surface area (TPSA) is 4.41 Å². The van der Waals surface area contributed by atoms with E-state index in [0.717, 1.165) is 6.42 Å². The van der Waals surface area contributed by atoms with E-state index >= 15 is 0 Å². The third-order valence-electron chi connectivity index (χ3n) is 5.36. The predicted molar refractivity (Wildman–Crippen MR) is 98.5 cm³/mol. The fourth-order valence-electron chi connectivity index (χ4n) is 4.51. The van der Waals surface area contributed by atoms with Crippen molar-refractivity contribution in [2.45, 2.75) is 13.3 Å². The lowest BCUT2D eigenvalue weighted by atomic mass is 9.99. The molecule has 0 fully saturated rings. The molecule has 0 saturated heterocycles. The summed E-state index contributed by atoms with van der Waals surface area (Å²) < 4.78 is 2.46. The monoisotopic (exact) mass is 293 g/mol. The van der Waals surface area contributed by atoms with Gasteiger partial charge in [0, 0.05) is 21.5 Å². The van der Waals surface area contributed by atoms with E-state index in [1.807, 2.05) is 0 Å². The van der Waals surface area contributed by atoms with Crippen LogP contribution >= 0.6 is 0 Å². The minimum absolute atomic E-state index is 1.08. The molecule has 2 aromatic heterocycles. The molecule has 0 unspecified atom stereocenters. The molecule has 5 aromatic rings. The lowest BCUT2D eigenvalue weighted by Crippen LogP contribution is -1.84. The van der Waals surface area contributed by atoms with Gasteiger partial charge in [0.2, 0.25) is 0 Å². The van der Waals surface area contributed by atoms with Crippen molar-refractivity contribution >= 4 is 44.2 Å². The molecular weight excluding hydrogens is 278 g/mol. The number of aromatic nitrogens is 1. The van der Waals surface area contributed by atoms with Crippen LogP contribution in [0.25, 0.3) is 44.2 Å². The molecule has 3 aromatic carbocycles. The molecule has 0 aliphatic heterocycles. The summed E-state index contributed by atoms with van der Waals surface area (Å²) in [5.41, 5.74) is 8.40. The highest BCUT2D eigenvalue weighted by atomic mass is 14.9. The van der Waals surface area contributed by atoms with E-state index in [2.05, 4.69) is 72.0 Å². The normalized spacial score (nSPS) is 14.4. The van der Waals surface area contributed by atoms with Crippen molar-refractivity contribution in [1.29, 1.82) is 0 Å². The lowest BCUT2D eigenvalue weighted by Gasteiger charge is -2.03. The Hall–Kier alpha value is -2.80. The van der Waals surface area contributed by atoms with Gasteiger partial charge in [-0.05, 0) is 42.7 Å². The Morgan fingerprint density at radius 1 is 0.826 bits per heavy atom. The summed E-state index contributed by atoms with van der Waals surface area (Å²) in [6, 6.07) is 20.0. The number of benzene rings is 3. The zero-order chi connectivity index (χ0) is 15.1. The molecule has 1 heteroatoms. The van der Waals surface area contributed by atoms with Crippen molar-refractivity contribution < 1.29 is 0 Å². The highest BCUT2D eigenvalue weighted by molar-refractivity contribution is 6.25. The Bertz CT molecular complexity index is 1280. The van der Waals surface area contributed by atoms with Crippen LogP contribution in [-0.4, -0.2) is 4.40 Å². The van der Waals surface area contributed by atoms with Gasteiger partial charge in [-0.25, -0.2) is 0 Å². The van der Waals surface area contributed by atoms with E-state index in [1.54, 1.807) is 0 Å². The fraction of sp³-hybridized carbons (Fsp3) is 0.0909. The molecule has 1 aliphatic carbocycles. The minimum atomic E-state index is 1.08. The molecule has 0 saturated carbocycles. The Balaban J connectivity index is 2.06. The zero-order valence-corrected chi connectivity index (χ0v) is 12.9. The van der Waals surface area contributed by atoms with E-state index in [4.69, 9.17) is 0 Å². The Kier molecular flexibility index (Phi) is 1.91. The van der Waals surface area contributed by atoms with Crippen LogP contribution in [0.4, 0.5) is 0 Å². The van der Waals surface area contributed by atoms with E-state index < -0.39 is 0 Å². The quantitative estimate of drug-likeness (QED) is 0.340. The number of para-hydroxylation sites is 2. The number of hydrogen-bond donors (Lipinski definition) is 0. The van der Waals surface area contributed by atoms with E-state index in [-0.39, 0.29) is 0 Å². The fourth-order valence-corrected chi connectivity index (χ4v) is 4.51. The molecule has 0 radical (unpaired) electrons. The molecule has 0 spiro atoms. The summed E-state index contributed by atoms with van der Waals surface area (Å²) in [6.07, 6.45) is 3.47. The van der Waals surface area contributed by atoms with Crippen molar-refractivity contribution in [3.05, 3.63) is 71.3 Å². The lowest BCUT2D eigenvalue weighted by molar-refractivity contribution is 1.20. The van der Waals surface area contributed by atoms with Gasteiger partial charge in [-0.3, -0.25) is 0 Å². The molecule has 6 rings (SSSR count). The van der Waals surface area contributed by atoms with Crippen LogP contribution in [0.2, 0.25) is 0 Å². The molecule has 0 amide bonds. The van der Waals surface area contributed by atoms with Gasteiger partial charge in [0.15, 0.2) is 0 Å². The maximum absolute atomic E-state index is 2.46. The number of hydrogen-bond acceptors (Lipinski definition) is 0. The summed E-state index contributed by atoms with van der Waals surface area (Å²) in [7, 11) is 0. The minimum Gasteiger partial charge on any atom is -0.308 e. The number of fused-ring (bicyclic) bond motifs is 8. The van der Waals surface area contributed by atoms with Crippen molar-refractivity contribution in [1.82, 2.24) is 4.40 Å². The van der Waals surface area contributed by atoms with Gasteiger partial charge in [0.05, 0.1) is 16.6 Å². The smallest absolute Gasteiger partial charge is 0.0626 e. The molecule has 0 atom stereocenters. The maximum atomic E-state index is 2.46. The second-order valence-corrected chi connectivity index (χ2v) is 6.76. The molecule has 108 valence electrons. The molecule has 2 heterocycles. The Labute approximate surface area is 133 Å². The summed E-state index contributed by atoms with van der Waals surface area (Å²) in [5, 5.41) is 5.57. The summed E-state index contributed by atoms with van der Waals surface area (Å²) in [4.78, 5) is 0. The van der Waals surface area contributed by atoms with Gasteiger partial charge < -0.3 is 4.40 Å². The second kappa shape index (κ2) is 3.75. The van der Waals surface area contributed by atoms with E-state index in [0.29, 0.717) is 0 Å². The van der Waals surface area contributed by atoms with Crippen molar-refractivity contribution in [3.8, 4) is 0 Å². The summed E-state index contributed by atoms with van der Waals surface area (Å²) in [5.74, 6) is 0. The number of allylic oxidation sites excluding steroid dienone is 1. The first-order valence-corrected chi connectivity index (χ1v) is 8.19. The first-order valence-electron chi connectivity index (χ1n) is 8.19. The van der Waals surface area contributed by atoms with Gasteiger partial charge in [-0.15, -0.1) is 0 Å². The highest BCUT2D eigenvalue weighted by Gasteiger charge is 2.23. The van der Waals surface area contributed by atoms with Gasteiger partial charge in [-0.2, -0.15) is 0 Å². The number of nitrogens with zero attached hydrogens (tertiary/aromatic N) is 1. The average molecular weight is 293 g/mol. The average Bonchev–Trinajstić information content (AvgIpc) is 3.20. The second-order valence-electron chi connectivity index (χ2n) is 6.76. The van der Waals surface area contributed by atoms with Crippen LogP contribution in [-0.2, 0) is 6.42 Å². The van der Waals surface area contributed by atoms with E-state index in [1.165, 1.54) is 54.8 Å². The van der Waals surface area contributed by atoms with Crippen LogP contribution in [0.5, 0.6) is 0 Å². The first kappa shape index (κ1) is 11.7. The van der Waals surface area contributed by atoms with Crippen LogP contribution < -0.4 is 0 Å². The van der Waals surface area contributed by atoms with Crippen molar-refractivity contribution in [2.75, 3.05) is 0 Å². The SMILES string of the molecule is CC1=Cc2c(cc3c4ccccc4n4c5ccccc5c2c34)C1. The van der Waals surface area contributed by atoms with E-state index in [9.17, 15) is 0 Å². The molecule has 0 N–H and O–H groups in total. The van der Waals surface area contributed by atoms with Crippen LogP contribution in [0, 0.1) is 0 Å². The van der Waals surface area contributed by atoms with Gasteiger partial charge in [0.25, 0.3) is 0 Å². The third-order valence-corrected chi connectivity index (χ3v) is 5.36. The highest BCUT2D eigenvalue weighted by Crippen LogP contribution is 2.44. The molecular formula is C22H15N. The van der Waals surface area contributed by atoms with Crippen molar-refractivity contribution in [3.63, 3.8) is 0 Å². The maximum Gasteiger partial charge on any atom is 0.0626 e. The molecule has 23 heavy (non-hydrogen) atoms. The van der Waals surface area contributed by atoms with Gasteiger partial charge in [0.1, 0.15) is 0 Å². The first-order chi connectivity index (χ1) is 11.3. The van der Waals surface area contributed by atoms with Crippen molar-refractivity contribution in [2.24, 2.45) is 0 Å². The Morgan fingerprint density at radius 2 is 1.52 bits per heavy atom. The largest absolute Gasteiger partial charge is 0.308 e. The summed E-state index contributed by atoms with van der Waals surface area (Å²) >= 11 is 0. The molecule has 1 aliphatic rings.